The highest BCUT2D eigenvalue weighted by atomic mass is 19.1. The molecular formula is C18H19FN2O2. The Kier molecular flexibility index (Phi) is 4.76. The molecule has 23 heavy (non-hydrogen) atoms. The van der Waals surface area contributed by atoms with Crippen LogP contribution in [0.3, 0.4) is 0 Å². The summed E-state index contributed by atoms with van der Waals surface area (Å²) >= 11 is 0. The molecule has 4 nitrogen and oxygen atoms in total. The second-order valence-electron chi connectivity index (χ2n) is 5.50. The van der Waals surface area contributed by atoms with Crippen molar-refractivity contribution in [1.29, 1.82) is 0 Å². The largest absolute Gasteiger partial charge is 0.489 e. The Balaban J connectivity index is 1.53. The van der Waals surface area contributed by atoms with E-state index in [1.165, 1.54) is 6.07 Å². The highest BCUT2D eigenvalue weighted by molar-refractivity contribution is 5.99. The maximum Gasteiger partial charge on any atom is 0.253 e. The lowest BCUT2D eigenvalue weighted by Crippen LogP contribution is -2.26. The molecule has 0 saturated heterocycles. The minimum atomic E-state index is -0.378. The summed E-state index contributed by atoms with van der Waals surface area (Å²) in [6, 6.07) is 14.0. The van der Waals surface area contributed by atoms with Crippen LogP contribution in [0.25, 0.3) is 0 Å². The van der Waals surface area contributed by atoms with Gasteiger partial charge in [-0.2, -0.15) is 0 Å². The van der Waals surface area contributed by atoms with Gasteiger partial charge >= 0.3 is 0 Å². The van der Waals surface area contributed by atoms with E-state index in [2.05, 4.69) is 10.6 Å². The molecule has 2 aromatic rings. The first-order valence-electron chi connectivity index (χ1n) is 7.75. The maximum absolute atomic E-state index is 13.4. The molecule has 1 fully saturated rings. The standard InChI is InChI=1S/C18H19FN2O2/c19-15-6-2-4-8-17(15)23-12-11-20-16-7-3-1-5-14(16)18(22)21-13-9-10-13/h1-8,13,20H,9-12H2,(H,21,22). The van der Waals surface area contributed by atoms with Gasteiger partial charge in [0.05, 0.1) is 5.56 Å². The Morgan fingerprint density at radius 2 is 1.87 bits per heavy atom. The predicted octanol–water partition coefficient (Wildman–Crippen LogP) is 3.21. The van der Waals surface area contributed by atoms with Crippen molar-refractivity contribution in [2.75, 3.05) is 18.5 Å². The van der Waals surface area contributed by atoms with Crippen molar-refractivity contribution in [3.63, 3.8) is 0 Å². The molecule has 120 valence electrons. The van der Waals surface area contributed by atoms with E-state index in [-0.39, 0.29) is 17.5 Å². The number of hydrogen-bond acceptors (Lipinski definition) is 3. The van der Waals surface area contributed by atoms with Gasteiger partial charge in [0.15, 0.2) is 11.6 Å². The number of halogens is 1. The van der Waals surface area contributed by atoms with Crippen LogP contribution in [0, 0.1) is 5.82 Å². The second-order valence-corrected chi connectivity index (χ2v) is 5.50. The van der Waals surface area contributed by atoms with Crippen molar-refractivity contribution < 1.29 is 13.9 Å². The Morgan fingerprint density at radius 1 is 1.13 bits per heavy atom. The molecule has 1 aliphatic carbocycles. The molecule has 0 bridgehead atoms. The molecule has 2 N–H and O–H groups in total. The van der Waals surface area contributed by atoms with Gasteiger partial charge in [0.25, 0.3) is 5.91 Å². The summed E-state index contributed by atoms with van der Waals surface area (Å²) in [4.78, 5) is 12.2. The van der Waals surface area contributed by atoms with Gasteiger partial charge in [-0.05, 0) is 37.1 Å². The monoisotopic (exact) mass is 314 g/mol. The minimum absolute atomic E-state index is 0.0642. The van der Waals surface area contributed by atoms with Crippen LogP contribution in [0.15, 0.2) is 48.5 Å². The first-order chi connectivity index (χ1) is 11.2. The minimum Gasteiger partial charge on any atom is -0.489 e. The lowest BCUT2D eigenvalue weighted by atomic mass is 10.1. The smallest absolute Gasteiger partial charge is 0.253 e. The molecule has 0 radical (unpaired) electrons. The van der Waals surface area contributed by atoms with Gasteiger partial charge in [-0.25, -0.2) is 4.39 Å². The number of hydrogen-bond donors (Lipinski definition) is 2. The van der Waals surface area contributed by atoms with Crippen molar-refractivity contribution in [3.05, 3.63) is 59.9 Å². The number of anilines is 1. The lowest BCUT2D eigenvalue weighted by molar-refractivity contribution is 0.0952. The third-order valence-corrected chi connectivity index (χ3v) is 3.60. The summed E-state index contributed by atoms with van der Waals surface area (Å²) in [5, 5.41) is 6.14. The fourth-order valence-corrected chi connectivity index (χ4v) is 2.23. The van der Waals surface area contributed by atoms with Gasteiger partial charge in [0, 0.05) is 18.3 Å². The first-order valence-corrected chi connectivity index (χ1v) is 7.75. The quantitative estimate of drug-likeness (QED) is 0.772. The molecule has 2 aromatic carbocycles. The maximum atomic E-state index is 13.4. The van der Waals surface area contributed by atoms with Crippen molar-refractivity contribution in [2.24, 2.45) is 0 Å². The van der Waals surface area contributed by atoms with Crippen LogP contribution in [0.2, 0.25) is 0 Å². The van der Waals surface area contributed by atoms with Crippen LogP contribution in [0.5, 0.6) is 5.75 Å². The number of carbonyl (C=O) groups is 1. The van der Waals surface area contributed by atoms with Crippen LogP contribution in [0.4, 0.5) is 10.1 Å². The number of carbonyl (C=O) groups excluding carboxylic acids is 1. The lowest BCUT2D eigenvalue weighted by Gasteiger charge is -2.13. The summed E-state index contributed by atoms with van der Waals surface area (Å²) in [7, 11) is 0. The summed E-state index contributed by atoms with van der Waals surface area (Å²) in [5.41, 5.74) is 1.37. The zero-order valence-corrected chi connectivity index (χ0v) is 12.7. The molecule has 0 unspecified atom stereocenters. The molecular weight excluding hydrogens is 295 g/mol. The summed E-state index contributed by atoms with van der Waals surface area (Å²) in [5.74, 6) is -0.212. The number of benzene rings is 2. The third kappa shape index (κ3) is 4.22. The number of nitrogens with one attached hydrogen (secondary N) is 2. The average Bonchev–Trinajstić information content (AvgIpc) is 3.37. The van der Waals surface area contributed by atoms with E-state index < -0.39 is 0 Å². The van der Waals surface area contributed by atoms with Crippen molar-refractivity contribution in [1.82, 2.24) is 5.32 Å². The highest BCUT2D eigenvalue weighted by Gasteiger charge is 2.24. The highest BCUT2D eigenvalue weighted by Crippen LogP contribution is 2.21. The molecule has 3 rings (SSSR count). The Labute approximate surface area is 134 Å². The zero-order chi connectivity index (χ0) is 16.1. The Bertz CT molecular complexity index is 686. The number of rotatable bonds is 7. The molecule has 1 saturated carbocycles. The van der Waals surface area contributed by atoms with Crippen LogP contribution in [-0.4, -0.2) is 25.1 Å². The molecule has 0 heterocycles. The number of para-hydroxylation sites is 2. The Hall–Kier alpha value is -2.56. The molecule has 0 aliphatic heterocycles. The fourth-order valence-electron chi connectivity index (χ4n) is 2.23. The van der Waals surface area contributed by atoms with Crippen LogP contribution in [0.1, 0.15) is 23.2 Å². The van der Waals surface area contributed by atoms with E-state index in [1.807, 2.05) is 18.2 Å². The molecule has 0 spiro atoms. The summed E-state index contributed by atoms with van der Waals surface area (Å²) in [6.07, 6.45) is 2.11. The molecule has 5 heteroatoms. The average molecular weight is 314 g/mol. The van der Waals surface area contributed by atoms with Gasteiger partial charge in [-0.15, -0.1) is 0 Å². The Morgan fingerprint density at radius 3 is 2.65 bits per heavy atom. The van der Waals surface area contributed by atoms with E-state index in [0.717, 1.165) is 18.5 Å². The van der Waals surface area contributed by atoms with Crippen LogP contribution >= 0.6 is 0 Å². The van der Waals surface area contributed by atoms with E-state index >= 15 is 0 Å². The van der Waals surface area contributed by atoms with Gasteiger partial charge < -0.3 is 15.4 Å². The van der Waals surface area contributed by atoms with E-state index in [4.69, 9.17) is 4.74 Å². The topological polar surface area (TPSA) is 50.4 Å². The van der Waals surface area contributed by atoms with E-state index in [1.54, 1.807) is 24.3 Å². The first kappa shape index (κ1) is 15.3. The summed E-state index contributed by atoms with van der Waals surface area (Å²) in [6.45, 7) is 0.779. The van der Waals surface area contributed by atoms with Crippen molar-refractivity contribution in [3.8, 4) is 5.75 Å². The fraction of sp³-hybridized carbons (Fsp3) is 0.278. The molecule has 1 aliphatic rings. The van der Waals surface area contributed by atoms with Crippen molar-refractivity contribution in [2.45, 2.75) is 18.9 Å². The SMILES string of the molecule is O=C(NC1CC1)c1ccccc1NCCOc1ccccc1F. The molecule has 0 atom stereocenters. The van der Waals surface area contributed by atoms with Crippen LogP contribution in [-0.2, 0) is 0 Å². The third-order valence-electron chi connectivity index (χ3n) is 3.60. The van der Waals surface area contributed by atoms with E-state index in [9.17, 15) is 9.18 Å². The predicted molar refractivity (Wildman–Crippen MR) is 87.3 cm³/mol. The van der Waals surface area contributed by atoms with Gasteiger partial charge in [0.2, 0.25) is 0 Å². The number of amides is 1. The molecule has 0 aromatic heterocycles. The summed E-state index contributed by atoms with van der Waals surface area (Å²) < 4.78 is 18.8. The van der Waals surface area contributed by atoms with Crippen LogP contribution < -0.4 is 15.4 Å². The zero-order valence-electron chi connectivity index (χ0n) is 12.7. The number of ether oxygens (including phenoxy) is 1. The van der Waals surface area contributed by atoms with Crippen molar-refractivity contribution >= 4 is 11.6 Å². The molecule has 1 amide bonds. The van der Waals surface area contributed by atoms with E-state index in [0.29, 0.717) is 24.8 Å². The second kappa shape index (κ2) is 7.13. The normalized spacial score (nSPS) is 13.4. The van der Waals surface area contributed by atoms with Gasteiger partial charge in [0.1, 0.15) is 6.61 Å². The van der Waals surface area contributed by atoms with Gasteiger partial charge in [-0.1, -0.05) is 24.3 Å². The van der Waals surface area contributed by atoms with Gasteiger partial charge in [-0.3, -0.25) is 4.79 Å².